The van der Waals surface area contributed by atoms with Crippen molar-refractivity contribution < 1.29 is 27.5 Å². The number of nitrogens with one attached hydrogen (secondary N) is 1. The number of aliphatic hydroxyl groups excluding tert-OH is 1. The van der Waals surface area contributed by atoms with Gasteiger partial charge in [0.05, 0.1) is 18.7 Å². The Hall–Kier alpha value is -2.07. The first-order valence-corrected chi connectivity index (χ1v) is 7.40. The molecule has 0 bridgehead atoms. The molecule has 0 fully saturated rings. The van der Waals surface area contributed by atoms with Gasteiger partial charge in [-0.15, -0.1) is 10.2 Å². The fraction of sp³-hybridized carbons (Fsp3) is 0.308. The van der Waals surface area contributed by atoms with E-state index in [2.05, 4.69) is 15.5 Å². The van der Waals surface area contributed by atoms with Crippen molar-refractivity contribution in [3.05, 3.63) is 41.3 Å². The standard InChI is InChI=1S/C13H12F3N3O3S/c14-13(15,16)9-3-1-2-8(6-9)11(21)17-7-10-18-19-12(22-10)23-5-4-20/h1-3,6,20H,4-5,7H2,(H,17,21). The summed E-state index contributed by atoms with van der Waals surface area (Å²) in [5, 5.41) is 18.7. The predicted molar refractivity (Wildman–Crippen MR) is 74.7 cm³/mol. The van der Waals surface area contributed by atoms with E-state index in [1.165, 1.54) is 6.07 Å². The van der Waals surface area contributed by atoms with Crippen LogP contribution in [-0.4, -0.2) is 33.6 Å². The first-order valence-electron chi connectivity index (χ1n) is 6.41. The lowest BCUT2D eigenvalue weighted by molar-refractivity contribution is -0.137. The van der Waals surface area contributed by atoms with Crippen LogP contribution < -0.4 is 5.32 Å². The number of nitrogens with zero attached hydrogens (tertiary/aromatic N) is 2. The van der Waals surface area contributed by atoms with Gasteiger partial charge in [-0.1, -0.05) is 17.8 Å². The number of hydrogen-bond acceptors (Lipinski definition) is 6. The van der Waals surface area contributed by atoms with E-state index in [1.807, 2.05) is 0 Å². The highest BCUT2D eigenvalue weighted by Gasteiger charge is 2.30. The van der Waals surface area contributed by atoms with Crippen LogP contribution in [0.25, 0.3) is 0 Å². The minimum absolute atomic E-state index is 0.0470. The number of amides is 1. The van der Waals surface area contributed by atoms with E-state index in [0.29, 0.717) is 5.75 Å². The highest BCUT2D eigenvalue weighted by molar-refractivity contribution is 7.99. The first kappa shape index (κ1) is 17.3. The summed E-state index contributed by atoms with van der Waals surface area (Å²) < 4.78 is 43.0. The molecule has 0 atom stereocenters. The zero-order valence-corrected chi connectivity index (χ0v) is 12.4. The monoisotopic (exact) mass is 347 g/mol. The number of rotatable bonds is 6. The van der Waals surface area contributed by atoms with Gasteiger partial charge in [-0.3, -0.25) is 4.79 Å². The van der Waals surface area contributed by atoms with Crippen molar-refractivity contribution in [1.82, 2.24) is 15.5 Å². The van der Waals surface area contributed by atoms with Crippen LogP contribution in [0.3, 0.4) is 0 Å². The second-order valence-corrected chi connectivity index (χ2v) is 5.34. The molecule has 0 saturated carbocycles. The van der Waals surface area contributed by atoms with Crippen molar-refractivity contribution in [3.8, 4) is 0 Å². The Balaban J connectivity index is 1.96. The summed E-state index contributed by atoms with van der Waals surface area (Å²) in [6.07, 6.45) is -4.51. The van der Waals surface area contributed by atoms with E-state index in [4.69, 9.17) is 9.52 Å². The Morgan fingerprint density at radius 3 is 2.83 bits per heavy atom. The highest BCUT2D eigenvalue weighted by atomic mass is 32.2. The molecular weight excluding hydrogens is 335 g/mol. The quantitative estimate of drug-likeness (QED) is 0.778. The van der Waals surface area contributed by atoms with Crippen LogP contribution >= 0.6 is 11.8 Å². The lowest BCUT2D eigenvalue weighted by atomic mass is 10.1. The second kappa shape index (κ2) is 7.47. The average molecular weight is 347 g/mol. The topological polar surface area (TPSA) is 88.2 Å². The van der Waals surface area contributed by atoms with Crippen molar-refractivity contribution in [2.24, 2.45) is 0 Å². The van der Waals surface area contributed by atoms with Gasteiger partial charge >= 0.3 is 6.18 Å². The lowest BCUT2D eigenvalue weighted by Gasteiger charge is -2.08. The largest absolute Gasteiger partial charge is 0.416 e. The van der Waals surface area contributed by atoms with Crippen molar-refractivity contribution in [2.75, 3.05) is 12.4 Å². The van der Waals surface area contributed by atoms with E-state index in [-0.39, 0.29) is 29.8 Å². The minimum atomic E-state index is -4.51. The van der Waals surface area contributed by atoms with Crippen LogP contribution in [0.1, 0.15) is 21.8 Å². The molecule has 2 aromatic rings. The fourth-order valence-electron chi connectivity index (χ4n) is 1.60. The predicted octanol–water partition coefficient (Wildman–Crippen LogP) is 2.10. The van der Waals surface area contributed by atoms with Crippen LogP contribution in [0.2, 0.25) is 0 Å². The van der Waals surface area contributed by atoms with Gasteiger partial charge in [0.25, 0.3) is 11.1 Å². The zero-order valence-electron chi connectivity index (χ0n) is 11.6. The molecule has 1 amide bonds. The maximum absolute atomic E-state index is 12.6. The van der Waals surface area contributed by atoms with E-state index in [1.54, 1.807) is 0 Å². The van der Waals surface area contributed by atoms with Gasteiger partial charge in [0.2, 0.25) is 5.89 Å². The third-order valence-electron chi connectivity index (χ3n) is 2.62. The first-order chi connectivity index (χ1) is 10.9. The van der Waals surface area contributed by atoms with Gasteiger partial charge in [-0.2, -0.15) is 13.2 Å². The van der Waals surface area contributed by atoms with E-state index in [0.717, 1.165) is 30.0 Å². The van der Waals surface area contributed by atoms with Crippen LogP contribution in [0.4, 0.5) is 13.2 Å². The Bertz CT molecular complexity index is 676. The van der Waals surface area contributed by atoms with E-state index in [9.17, 15) is 18.0 Å². The molecule has 2 rings (SSSR count). The van der Waals surface area contributed by atoms with Crippen molar-refractivity contribution in [2.45, 2.75) is 17.9 Å². The van der Waals surface area contributed by atoms with E-state index < -0.39 is 17.6 Å². The van der Waals surface area contributed by atoms with Crippen molar-refractivity contribution >= 4 is 17.7 Å². The molecule has 0 aliphatic rings. The van der Waals surface area contributed by atoms with Gasteiger partial charge in [0.15, 0.2) is 0 Å². The molecule has 0 saturated heterocycles. The van der Waals surface area contributed by atoms with Crippen molar-refractivity contribution in [3.63, 3.8) is 0 Å². The number of hydrogen-bond donors (Lipinski definition) is 2. The fourth-order valence-corrected chi connectivity index (χ4v) is 2.12. The van der Waals surface area contributed by atoms with Gasteiger partial charge in [-0.25, -0.2) is 0 Å². The number of carbonyl (C=O) groups is 1. The molecule has 2 N–H and O–H groups in total. The van der Waals surface area contributed by atoms with Crippen LogP contribution in [-0.2, 0) is 12.7 Å². The zero-order chi connectivity index (χ0) is 16.9. The van der Waals surface area contributed by atoms with Crippen LogP contribution in [0, 0.1) is 0 Å². The molecule has 1 aromatic heterocycles. The Morgan fingerprint density at radius 1 is 1.35 bits per heavy atom. The van der Waals surface area contributed by atoms with Crippen molar-refractivity contribution in [1.29, 1.82) is 0 Å². The van der Waals surface area contributed by atoms with Gasteiger partial charge in [0.1, 0.15) is 0 Å². The average Bonchev–Trinajstić information content (AvgIpc) is 2.98. The summed E-state index contributed by atoms with van der Waals surface area (Å²) in [4.78, 5) is 11.9. The lowest BCUT2D eigenvalue weighted by Crippen LogP contribution is -2.23. The van der Waals surface area contributed by atoms with Gasteiger partial charge < -0.3 is 14.8 Å². The summed E-state index contributed by atoms with van der Waals surface area (Å²) in [6.45, 7) is -0.156. The maximum atomic E-state index is 12.6. The molecule has 6 nitrogen and oxygen atoms in total. The number of carbonyl (C=O) groups excluding carboxylic acids is 1. The Labute approximate surface area is 133 Å². The molecule has 23 heavy (non-hydrogen) atoms. The molecule has 0 aliphatic carbocycles. The van der Waals surface area contributed by atoms with E-state index >= 15 is 0 Å². The summed E-state index contributed by atoms with van der Waals surface area (Å²) in [7, 11) is 0. The third kappa shape index (κ3) is 4.96. The highest BCUT2D eigenvalue weighted by Crippen LogP contribution is 2.29. The number of aromatic nitrogens is 2. The number of halogens is 3. The van der Waals surface area contributed by atoms with Crippen LogP contribution in [0.5, 0.6) is 0 Å². The molecule has 0 spiro atoms. The molecule has 124 valence electrons. The number of thioether (sulfide) groups is 1. The maximum Gasteiger partial charge on any atom is 0.416 e. The molecular formula is C13H12F3N3O3S. The summed E-state index contributed by atoms with van der Waals surface area (Å²) in [5.74, 6) is -0.178. The smallest absolute Gasteiger partial charge is 0.414 e. The molecule has 0 aliphatic heterocycles. The molecule has 0 unspecified atom stereocenters. The number of benzene rings is 1. The minimum Gasteiger partial charge on any atom is -0.414 e. The second-order valence-electron chi connectivity index (χ2n) is 4.30. The molecule has 0 radical (unpaired) electrons. The number of alkyl halides is 3. The number of aliphatic hydroxyl groups is 1. The molecule has 1 aromatic carbocycles. The van der Waals surface area contributed by atoms with Crippen LogP contribution in [0.15, 0.2) is 33.9 Å². The summed E-state index contributed by atoms with van der Waals surface area (Å²) in [5.41, 5.74) is -1.01. The Morgan fingerprint density at radius 2 is 2.13 bits per heavy atom. The molecule has 1 heterocycles. The van der Waals surface area contributed by atoms with Gasteiger partial charge in [0, 0.05) is 11.3 Å². The molecule has 10 heteroatoms. The summed E-state index contributed by atoms with van der Waals surface area (Å²) >= 11 is 1.15. The normalized spacial score (nSPS) is 11.5. The third-order valence-corrected chi connectivity index (χ3v) is 3.42. The van der Waals surface area contributed by atoms with Gasteiger partial charge in [-0.05, 0) is 18.2 Å². The summed E-state index contributed by atoms with van der Waals surface area (Å²) in [6, 6.07) is 4.10. The Kier molecular flexibility index (Phi) is 5.61. The SMILES string of the molecule is O=C(NCc1nnc(SCCO)o1)c1cccc(C(F)(F)F)c1.